The molecule has 0 atom stereocenters. The monoisotopic (exact) mass is 322 g/mol. The summed E-state index contributed by atoms with van der Waals surface area (Å²) in [5.41, 5.74) is 1.12. The molecule has 1 fully saturated rings. The number of hydrogen-bond donors (Lipinski definition) is 1. The van der Waals surface area contributed by atoms with Crippen molar-refractivity contribution in [2.75, 3.05) is 6.54 Å². The lowest BCUT2D eigenvalue weighted by atomic mass is 9.94. The Morgan fingerprint density at radius 2 is 1.67 bits per heavy atom. The first-order valence-electron chi connectivity index (χ1n) is 8.32. The molecule has 1 heterocycles. The van der Waals surface area contributed by atoms with Crippen molar-refractivity contribution in [1.82, 2.24) is 10.2 Å². The molecule has 24 heavy (non-hydrogen) atoms. The number of benzene rings is 2. The molecule has 1 N–H and O–H groups in total. The topological polar surface area (TPSA) is 66.5 Å². The molecule has 0 unspecified atom stereocenters. The highest BCUT2D eigenvalue weighted by Crippen LogP contribution is 2.30. The molecule has 0 bridgehead atoms. The molecule has 5 nitrogen and oxygen atoms in total. The standard InChI is InChI=1S/C19H18N2O3/c22-16(20-13-9-10-13)8-3-11-21-18(23)14-6-1-4-12-5-2-7-15(17(12)14)19(21)24/h1-2,4-7,13H,3,8-11H2,(H,20,22). The predicted molar refractivity (Wildman–Crippen MR) is 89.7 cm³/mol. The number of carbonyl (C=O) groups excluding carboxylic acids is 3. The first-order chi connectivity index (χ1) is 11.6. The average Bonchev–Trinajstić information content (AvgIpc) is 3.39. The van der Waals surface area contributed by atoms with Crippen molar-refractivity contribution < 1.29 is 14.4 Å². The van der Waals surface area contributed by atoms with E-state index in [2.05, 4.69) is 5.32 Å². The minimum absolute atomic E-state index is 0.00286. The smallest absolute Gasteiger partial charge is 0.261 e. The van der Waals surface area contributed by atoms with E-state index < -0.39 is 0 Å². The molecule has 2 aromatic rings. The van der Waals surface area contributed by atoms with Crippen LogP contribution in [0.4, 0.5) is 0 Å². The highest BCUT2D eigenvalue weighted by molar-refractivity contribution is 6.25. The Balaban J connectivity index is 1.52. The summed E-state index contributed by atoms with van der Waals surface area (Å²) >= 11 is 0. The van der Waals surface area contributed by atoms with Gasteiger partial charge in [0.25, 0.3) is 11.8 Å². The summed E-state index contributed by atoms with van der Waals surface area (Å²) in [5, 5.41) is 4.55. The largest absolute Gasteiger partial charge is 0.353 e. The van der Waals surface area contributed by atoms with E-state index in [1.165, 1.54) is 4.90 Å². The van der Waals surface area contributed by atoms with Gasteiger partial charge in [0.15, 0.2) is 0 Å². The maximum atomic E-state index is 12.7. The molecule has 0 saturated heterocycles. The highest BCUT2D eigenvalue weighted by Gasteiger charge is 2.32. The average molecular weight is 322 g/mol. The number of nitrogens with one attached hydrogen (secondary N) is 1. The molecule has 1 aliphatic carbocycles. The van der Waals surface area contributed by atoms with Crippen molar-refractivity contribution in [3.63, 3.8) is 0 Å². The predicted octanol–water partition coefficient (Wildman–Crippen LogP) is 2.49. The second-order valence-corrected chi connectivity index (χ2v) is 6.42. The normalized spacial score (nSPS) is 16.6. The molecule has 1 aliphatic heterocycles. The Labute approximate surface area is 139 Å². The van der Waals surface area contributed by atoms with E-state index in [4.69, 9.17) is 0 Å². The molecule has 1 saturated carbocycles. The minimum atomic E-state index is -0.271. The fraction of sp³-hybridized carbons (Fsp3) is 0.316. The zero-order valence-electron chi connectivity index (χ0n) is 13.2. The van der Waals surface area contributed by atoms with Gasteiger partial charge in [-0.2, -0.15) is 0 Å². The lowest BCUT2D eigenvalue weighted by molar-refractivity contribution is -0.121. The molecule has 0 radical (unpaired) electrons. The van der Waals surface area contributed by atoms with E-state index in [0.717, 1.165) is 23.6 Å². The quantitative estimate of drug-likeness (QED) is 0.860. The molecule has 122 valence electrons. The van der Waals surface area contributed by atoms with Gasteiger partial charge >= 0.3 is 0 Å². The third-order valence-electron chi connectivity index (χ3n) is 4.58. The van der Waals surface area contributed by atoms with Gasteiger partial charge in [-0.3, -0.25) is 19.3 Å². The minimum Gasteiger partial charge on any atom is -0.353 e. The van der Waals surface area contributed by atoms with Crippen molar-refractivity contribution in [1.29, 1.82) is 0 Å². The second kappa shape index (κ2) is 5.74. The molecule has 2 aliphatic rings. The van der Waals surface area contributed by atoms with Crippen LogP contribution in [0.15, 0.2) is 36.4 Å². The first kappa shape index (κ1) is 14.9. The molecule has 0 aromatic heterocycles. The zero-order valence-corrected chi connectivity index (χ0v) is 13.2. The molecular formula is C19H18N2O3. The van der Waals surface area contributed by atoms with Gasteiger partial charge in [0.2, 0.25) is 5.91 Å². The number of hydrogen-bond acceptors (Lipinski definition) is 3. The third-order valence-corrected chi connectivity index (χ3v) is 4.58. The Hall–Kier alpha value is -2.69. The van der Waals surface area contributed by atoms with Gasteiger partial charge in [-0.1, -0.05) is 24.3 Å². The van der Waals surface area contributed by atoms with E-state index in [-0.39, 0.29) is 24.3 Å². The van der Waals surface area contributed by atoms with Crippen LogP contribution in [0, 0.1) is 0 Å². The molecule has 5 heteroatoms. The van der Waals surface area contributed by atoms with Crippen molar-refractivity contribution in [2.24, 2.45) is 0 Å². The molecule has 3 amide bonds. The summed E-state index contributed by atoms with van der Waals surface area (Å²) in [6.45, 7) is 0.264. The van der Waals surface area contributed by atoms with E-state index >= 15 is 0 Å². The highest BCUT2D eigenvalue weighted by atomic mass is 16.2. The van der Waals surface area contributed by atoms with Crippen LogP contribution in [-0.2, 0) is 4.79 Å². The fourth-order valence-corrected chi connectivity index (χ4v) is 3.21. The summed E-state index contributed by atoms with van der Waals surface area (Å²) in [7, 11) is 0. The van der Waals surface area contributed by atoms with E-state index in [1.807, 2.05) is 24.3 Å². The van der Waals surface area contributed by atoms with E-state index in [9.17, 15) is 14.4 Å². The van der Waals surface area contributed by atoms with Crippen molar-refractivity contribution in [3.8, 4) is 0 Å². The molecular weight excluding hydrogens is 304 g/mol. The number of imide groups is 1. The van der Waals surface area contributed by atoms with Gasteiger partial charge in [-0.05, 0) is 36.8 Å². The van der Waals surface area contributed by atoms with E-state index in [1.54, 1.807) is 12.1 Å². The second-order valence-electron chi connectivity index (χ2n) is 6.42. The van der Waals surface area contributed by atoms with Crippen molar-refractivity contribution in [3.05, 3.63) is 47.5 Å². The summed E-state index contributed by atoms with van der Waals surface area (Å²) in [6, 6.07) is 11.3. The fourth-order valence-electron chi connectivity index (χ4n) is 3.21. The van der Waals surface area contributed by atoms with Crippen molar-refractivity contribution >= 4 is 28.5 Å². The number of nitrogens with zero attached hydrogens (tertiary/aromatic N) is 1. The van der Waals surface area contributed by atoms with E-state index in [0.29, 0.717) is 30.0 Å². The van der Waals surface area contributed by atoms with Gasteiger partial charge < -0.3 is 5.32 Å². The van der Waals surface area contributed by atoms with Crippen LogP contribution in [0.5, 0.6) is 0 Å². The van der Waals surface area contributed by atoms with Crippen LogP contribution in [-0.4, -0.2) is 35.2 Å². The zero-order chi connectivity index (χ0) is 16.7. The summed E-state index contributed by atoms with van der Waals surface area (Å²) in [4.78, 5) is 38.4. The van der Waals surface area contributed by atoms with Gasteiger partial charge in [0, 0.05) is 35.5 Å². The van der Waals surface area contributed by atoms with Crippen LogP contribution in [0.1, 0.15) is 46.4 Å². The first-order valence-corrected chi connectivity index (χ1v) is 8.32. The Morgan fingerprint density at radius 3 is 2.25 bits per heavy atom. The summed E-state index contributed by atoms with van der Waals surface area (Å²) in [6.07, 6.45) is 2.92. The number of rotatable bonds is 5. The van der Waals surface area contributed by atoms with Gasteiger partial charge in [-0.15, -0.1) is 0 Å². The Morgan fingerprint density at radius 1 is 1.04 bits per heavy atom. The third kappa shape index (κ3) is 2.56. The maximum absolute atomic E-state index is 12.7. The Bertz CT molecular complexity index is 804. The number of carbonyl (C=O) groups is 3. The van der Waals surface area contributed by atoms with Crippen molar-refractivity contribution in [2.45, 2.75) is 31.7 Å². The number of amides is 3. The Kier molecular flexibility index (Phi) is 3.56. The van der Waals surface area contributed by atoms with Gasteiger partial charge in [-0.25, -0.2) is 0 Å². The van der Waals surface area contributed by atoms with Crippen LogP contribution in [0.3, 0.4) is 0 Å². The van der Waals surface area contributed by atoms with Gasteiger partial charge in [0.05, 0.1) is 0 Å². The molecule has 0 spiro atoms. The van der Waals surface area contributed by atoms with Crippen LogP contribution >= 0.6 is 0 Å². The van der Waals surface area contributed by atoms with Crippen LogP contribution in [0.2, 0.25) is 0 Å². The molecule has 2 aromatic carbocycles. The lowest BCUT2D eigenvalue weighted by Gasteiger charge is -2.27. The molecule has 4 rings (SSSR count). The lowest BCUT2D eigenvalue weighted by Crippen LogP contribution is -2.41. The van der Waals surface area contributed by atoms with Crippen LogP contribution in [0.25, 0.3) is 10.8 Å². The SMILES string of the molecule is O=C(CCCN1C(=O)c2cccc3cccc(c23)C1=O)NC1CC1. The maximum Gasteiger partial charge on any atom is 0.261 e. The summed E-state index contributed by atoms with van der Waals surface area (Å²) < 4.78 is 0. The van der Waals surface area contributed by atoms with Gasteiger partial charge in [0.1, 0.15) is 0 Å². The van der Waals surface area contributed by atoms with Crippen LogP contribution < -0.4 is 5.32 Å². The summed E-state index contributed by atoms with van der Waals surface area (Å²) in [5.74, 6) is -0.546.